The molecule has 1 amide bonds. The molecule has 0 saturated carbocycles. The third-order valence-electron chi connectivity index (χ3n) is 4.86. The fourth-order valence-electron chi connectivity index (χ4n) is 3.39. The minimum Gasteiger partial charge on any atom is -0.346 e. The molecule has 4 rings (SSSR count). The Bertz CT molecular complexity index is 921. The fourth-order valence-corrected chi connectivity index (χ4v) is 5.08. The van der Waals surface area contributed by atoms with Crippen molar-refractivity contribution in [3.05, 3.63) is 63.1 Å². The lowest BCUT2D eigenvalue weighted by atomic mass is 10.2. The van der Waals surface area contributed by atoms with Crippen LogP contribution in [-0.4, -0.2) is 47.0 Å². The molecule has 1 aliphatic heterocycles. The van der Waals surface area contributed by atoms with Gasteiger partial charge in [0.15, 0.2) is 5.13 Å². The number of aromatic nitrogens is 2. The molecular weight excluding hydrogens is 388 g/mol. The standard InChI is InChI=1S/C21H24N4OS2/c1-16-14-28-21(22-16)25-9-5-8-24(10-11-25)20(26)13-18-15-27-19(23-18)12-17-6-3-2-4-7-17/h2-4,6-7,14-15H,5,8-13H2,1H3. The minimum absolute atomic E-state index is 0.175. The van der Waals surface area contributed by atoms with Gasteiger partial charge in [-0.25, -0.2) is 9.97 Å². The minimum atomic E-state index is 0.175. The molecular formula is C21H24N4OS2. The molecule has 0 bridgehead atoms. The molecule has 0 radical (unpaired) electrons. The molecule has 28 heavy (non-hydrogen) atoms. The number of thiazole rings is 2. The van der Waals surface area contributed by atoms with Crippen molar-refractivity contribution in [2.45, 2.75) is 26.2 Å². The zero-order valence-electron chi connectivity index (χ0n) is 16.0. The first-order valence-electron chi connectivity index (χ1n) is 9.59. The van der Waals surface area contributed by atoms with Gasteiger partial charge in [-0.05, 0) is 18.9 Å². The zero-order valence-corrected chi connectivity index (χ0v) is 17.6. The summed E-state index contributed by atoms with van der Waals surface area (Å²) in [6, 6.07) is 10.3. The van der Waals surface area contributed by atoms with Crippen LogP contribution in [0.3, 0.4) is 0 Å². The third kappa shape index (κ3) is 4.77. The summed E-state index contributed by atoms with van der Waals surface area (Å²) in [4.78, 5) is 26.3. The first kappa shape index (κ1) is 19.1. The van der Waals surface area contributed by atoms with Gasteiger partial charge in [0.25, 0.3) is 0 Å². The predicted molar refractivity (Wildman–Crippen MR) is 115 cm³/mol. The van der Waals surface area contributed by atoms with Gasteiger partial charge in [0.2, 0.25) is 5.91 Å². The molecule has 2 aromatic heterocycles. The molecule has 0 N–H and O–H groups in total. The van der Waals surface area contributed by atoms with Crippen LogP contribution in [0.4, 0.5) is 5.13 Å². The number of aryl methyl sites for hydroxylation is 1. The average Bonchev–Trinajstić information content (AvgIpc) is 3.24. The average molecular weight is 413 g/mol. The second kappa shape index (κ2) is 8.84. The summed E-state index contributed by atoms with van der Waals surface area (Å²) in [7, 11) is 0. The molecule has 0 aliphatic carbocycles. The lowest BCUT2D eigenvalue weighted by molar-refractivity contribution is -0.130. The van der Waals surface area contributed by atoms with E-state index in [1.807, 2.05) is 35.4 Å². The van der Waals surface area contributed by atoms with E-state index in [-0.39, 0.29) is 5.91 Å². The van der Waals surface area contributed by atoms with Crippen molar-refractivity contribution < 1.29 is 4.79 Å². The number of hydrogen-bond acceptors (Lipinski definition) is 6. The number of benzene rings is 1. The van der Waals surface area contributed by atoms with Crippen molar-refractivity contribution in [3.8, 4) is 0 Å². The number of carbonyl (C=O) groups is 1. The van der Waals surface area contributed by atoms with E-state index >= 15 is 0 Å². The summed E-state index contributed by atoms with van der Waals surface area (Å²) in [5, 5.41) is 6.24. The Kier molecular flexibility index (Phi) is 6.02. The van der Waals surface area contributed by atoms with Crippen molar-refractivity contribution in [2.75, 3.05) is 31.1 Å². The number of rotatable bonds is 5. The third-order valence-corrected chi connectivity index (χ3v) is 6.77. The van der Waals surface area contributed by atoms with Crippen LogP contribution in [0.2, 0.25) is 0 Å². The van der Waals surface area contributed by atoms with Gasteiger partial charge >= 0.3 is 0 Å². The lowest BCUT2D eigenvalue weighted by Crippen LogP contribution is -2.36. The Morgan fingerprint density at radius 1 is 1.04 bits per heavy atom. The number of hydrogen-bond donors (Lipinski definition) is 0. The maximum Gasteiger partial charge on any atom is 0.228 e. The van der Waals surface area contributed by atoms with Crippen molar-refractivity contribution in [1.82, 2.24) is 14.9 Å². The molecule has 0 spiro atoms. The van der Waals surface area contributed by atoms with Gasteiger partial charge in [-0.1, -0.05) is 30.3 Å². The lowest BCUT2D eigenvalue weighted by Gasteiger charge is -2.21. The topological polar surface area (TPSA) is 49.3 Å². The maximum absolute atomic E-state index is 12.8. The van der Waals surface area contributed by atoms with Gasteiger partial charge in [-0.2, -0.15) is 0 Å². The van der Waals surface area contributed by atoms with Crippen molar-refractivity contribution in [3.63, 3.8) is 0 Å². The Labute approximate surface area is 173 Å². The molecule has 3 aromatic rings. The Hall–Kier alpha value is -2.25. The van der Waals surface area contributed by atoms with E-state index < -0.39 is 0 Å². The summed E-state index contributed by atoms with van der Waals surface area (Å²) >= 11 is 3.32. The zero-order chi connectivity index (χ0) is 19.3. The van der Waals surface area contributed by atoms with Crippen LogP contribution in [0, 0.1) is 6.92 Å². The number of carbonyl (C=O) groups excluding carboxylic acids is 1. The van der Waals surface area contributed by atoms with Crippen molar-refractivity contribution in [2.24, 2.45) is 0 Å². The molecule has 5 nitrogen and oxygen atoms in total. The first-order chi connectivity index (χ1) is 13.7. The molecule has 0 unspecified atom stereocenters. The highest BCUT2D eigenvalue weighted by molar-refractivity contribution is 7.13. The second-order valence-corrected chi connectivity index (χ2v) is 8.84. The molecule has 7 heteroatoms. The molecule has 1 saturated heterocycles. The summed E-state index contributed by atoms with van der Waals surface area (Å²) in [5.41, 5.74) is 3.20. The summed E-state index contributed by atoms with van der Waals surface area (Å²) in [5.74, 6) is 0.175. The molecule has 146 valence electrons. The van der Waals surface area contributed by atoms with Crippen molar-refractivity contribution >= 4 is 33.7 Å². The van der Waals surface area contributed by atoms with Gasteiger partial charge in [0.1, 0.15) is 0 Å². The van der Waals surface area contributed by atoms with Crippen LogP contribution < -0.4 is 4.90 Å². The molecule has 0 atom stereocenters. The van der Waals surface area contributed by atoms with Crippen LogP contribution in [0.1, 0.15) is 28.4 Å². The monoisotopic (exact) mass is 412 g/mol. The smallest absolute Gasteiger partial charge is 0.228 e. The number of amides is 1. The van der Waals surface area contributed by atoms with Gasteiger partial charge in [0.05, 0.1) is 22.8 Å². The quantitative estimate of drug-likeness (QED) is 0.640. The second-order valence-electron chi connectivity index (χ2n) is 7.06. The van der Waals surface area contributed by atoms with E-state index in [4.69, 9.17) is 0 Å². The highest BCUT2D eigenvalue weighted by Crippen LogP contribution is 2.22. The summed E-state index contributed by atoms with van der Waals surface area (Å²) < 4.78 is 0. The van der Waals surface area contributed by atoms with Crippen LogP contribution >= 0.6 is 22.7 Å². The highest BCUT2D eigenvalue weighted by Gasteiger charge is 2.21. The molecule has 1 aliphatic rings. The van der Waals surface area contributed by atoms with Crippen LogP contribution in [-0.2, 0) is 17.6 Å². The number of anilines is 1. The van der Waals surface area contributed by atoms with Crippen LogP contribution in [0.15, 0.2) is 41.1 Å². The van der Waals surface area contributed by atoms with Crippen LogP contribution in [0.5, 0.6) is 0 Å². The first-order valence-corrected chi connectivity index (χ1v) is 11.4. The van der Waals surface area contributed by atoms with E-state index in [0.29, 0.717) is 6.42 Å². The van der Waals surface area contributed by atoms with E-state index in [0.717, 1.165) is 60.5 Å². The van der Waals surface area contributed by atoms with Crippen molar-refractivity contribution in [1.29, 1.82) is 0 Å². The van der Waals surface area contributed by atoms with E-state index in [1.165, 1.54) is 5.56 Å². The van der Waals surface area contributed by atoms with Gasteiger partial charge < -0.3 is 9.80 Å². The van der Waals surface area contributed by atoms with E-state index in [9.17, 15) is 4.79 Å². The summed E-state index contributed by atoms with van der Waals surface area (Å²) in [6.45, 7) is 5.37. The Morgan fingerprint density at radius 2 is 1.89 bits per heavy atom. The molecule has 3 heterocycles. The fraction of sp³-hybridized carbons (Fsp3) is 0.381. The Morgan fingerprint density at radius 3 is 2.68 bits per heavy atom. The normalized spacial score (nSPS) is 14.9. The molecule has 1 fully saturated rings. The Balaban J connectivity index is 1.32. The van der Waals surface area contributed by atoms with Crippen LogP contribution in [0.25, 0.3) is 0 Å². The van der Waals surface area contributed by atoms with E-state index in [1.54, 1.807) is 22.7 Å². The van der Waals surface area contributed by atoms with Gasteiger partial charge in [0, 0.05) is 43.4 Å². The van der Waals surface area contributed by atoms with Gasteiger partial charge in [-0.3, -0.25) is 4.79 Å². The summed E-state index contributed by atoms with van der Waals surface area (Å²) in [6.07, 6.45) is 2.19. The van der Waals surface area contributed by atoms with E-state index in [2.05, 4.69) is 32.4 Å². The molecule has 1 aromatic carbocycles. The predicted octanol–water partition coefficient (Wildman–Crippen LogP) is 3.78. The SMILES string of the molecule is Cc1csc(N2CCCN(C(=O)Cc3csc(Cc4ccccc4)n3)CC2)n1. The maximum atomic E-state index is 12.8. The number of nitrogens with zero attached hydrogens (tertiary/aromatic N) is 4. The largest absolute Gasteiger partial charge is 0.346 e. The van der Waals surface area contributed by atoms with Gasteiger partial charge in [-0.15, -0.1) is 22.7 Å². The highest BCUT2D eigenvalue weighted by atomic mass is 32.1.